The van der Waals surface area contributed by atoms with Gasteiger partial charge in [-0.25, -0.2) is 0 Å². The largest absolute Gasteiger partial charge is 0.490 e. The number of anilines is 1. The lowest BCUT2D eigenvalue weighted by molar-refractivity contribution is -0.134. The van der Waals surface area contributed by atoms with Crippen LogP contribution in [0, 0.1) is 12.8 Å². The Morgan fingerprint density at radius 1 is 0.903 bits per heavy atom. The molecule has 0 spiro atoms. The second-order valence-electron chi connectivity index (χ2n) is 8.25. The van der Waals surface area contributed by atoms with E-state index in [1.165, 1.54) is 0 Å². The first-order valence-electron chi connectivity index (χ1n) is 10.9. The van der Waals surface area contributed by atoms with Gasteiger partial charge in [0.05, 0.1) is 12.2 Å². The number of rotatable bonds is 5. The van der Waals surface area contributed by atoms with E-state index in [4.69, 9.17) is 4.74 Å². The van der Waals surface area contributed by atoms with Crippen molar-refractivity contribution in [3.63, 3.8) is 0 Å². The van der Waals surface area contributed by atoms with Crippen molar-refractivity contribution in [2.24, 2.45) is 5.92 Å². The third-order valence-corrected chi connectivity index (χ3v) is 6.14. The van der Waals surface area contributed by atoms with Gasteiger partial charge in [-0.15, -0.1) is 0 Å². The Bertz CT molecular complexity index is 962. The summed E-state index contributed by atoms with van der Waals surface area (Å²) in [6.45, 7) is 4.09. The minimum atomic E-state index is -0.0615. The molecule has 2 aliphatic heterocycles. The van der Waals surface area contributed by atoms with Crippen LogP contribution in [0.1, 0.15) is 41.6 Å². The van der Waals surface area contributed by atoms with Crippen molar-refractivity contribution in [2.75, 3.05) is 31.1 Å². The van der Waals surface area contributed by atoms with E-state index in [1.54, 1.807) is 9.80 Å². The first-order valence-corrected chi connectivity index (χ1v) is 10.9. The van der Waals surface area contributed by atoms with Crippen LogP contribution in [0.25, 0.3) is 0 Å². The number of hydrogen-bond acceptors (Lipinski definition) is 4. The molecule has 2 heterocycles. The van der Waals surface area contributed by atoms with Crippen LogP contribution in [0.2, 0.25) is 0 Å². The second kappa shape index (κ2) is 9.33. The smallest absolute Gasteiger partial charge is 0.227 e. The number of amides is 2. The summed E-state index contributed by atoms with van der Waals surface area (Å²) in [5.41, 5.74) is 2.64. The zero-order chi connectivity index (χ0) is 21.8. The number of hydrogen-bond donors (Lipinski definition) is 0. The number of likely N-dealkylation sites (tertiary alicyclic amines) is 1. The van der Waals surface area contributed by atoms with Gasteiger partial charge < -0.3 is 14.5 Å². The Labute approximate surface area is 182 Å². The summed E-state index contributed by atoms with van der Waals surface area (Å²) >= 11 is 0. The van der Waals surface area contributed by atoms with Gasteiger partial charge in [-0.1, -0.05) is 42.0 Å². The van der Waals surface area contributed by atoms with Crippen molar-refractivity contribution in [3.8, 4) is 5.75 Å². The van der Waals surface area contributed by atoms with E-state index in [9.17, 15) is 14.4 Å². The summed E-state index contributed by atoms with van der Waals surface area (Å²) in [7, 11) is 0. The monoisotopic (exact) mass is 420 g/mol. The molecule has 2 amide bonds. The first kappa shape index (κ1) is 21.1. The van der Waals surface area contributed by atoms with E-state index in [1.807, 2.05) is 55.5 Å². The number of ketones is 1. The molecule has 0 radical (unpaired) electrons. The fourth-order valence-corrected chi connectivity index (χ4v) is 4.28. The molecule has 6 nitrogen and oxygen atoms in total. The summed E-state index contributed by atoms with van der Waals surface area (Å²) in [6, 6.07) is 15.1. The van der Waals surface area contributed by atoms with Crippen LogP contribution in [0.4, 0.5) is 5.69 Å². The Kier molecular flexibility index (Phi) is 6.35. The number of carbonyl (C=O) groups is 3. The van der Waals surface area contributed by atoms with E-state index < -0.39 is 0 Å². The van der Waals surface area contributed by atoms with Gasteiger partial charge in [0.25, 0.3) is 0 Å². The molecular formula is C25H28N2O4. The van der Waals surface area contributed by atoms with Gasteiger partial charge >= 0.3 is 0 Å². The molecule has 0 unspecified atom stereocenters. The topological polar surface area (TPSA) is 66.9 Å². The van der Waals surface area contributed by atoms with E-state index in [2.05, 4.69) is 0 Å². The molecule has 0 aliphatic carbocycles. The maximum absolute atomic E-state index is 12.7. The maximum atomic E-state index is 12.7. The molecule has 0 atom stereocenters. The van der Waals surface area contributed by atoms with E-state index >= 15 is 0 Å². The van der Waals surface area contributed by atoms with Gasteiger partial charge in [-0.2, -0.15) is 0 Å². The lowest BCUT2D eigenvalue weighted by Crippen LogP contribution is -2.41. The number of aryl methyl sites for hydroxylation is 1. The highest BCUT2D eigenvalue weighted by molar-refractivity contribution is 5.98. The molecule has 31 heavy (non-hydrogen) atoms. The third-order valence-electron chi connectivity index (χ3n) is 6.14. The summed E-state index contributed by atoms with van der Waals surface area (Å²) in [5.74, 6) is 0.741. The number of carbonyl (C=O) groups excluding carboxylic acids is 3. The van der Waals surface area contributed by atoms with Gasteiger partial charge in [0.1, 0.15) is 12.4 Å². The van der Waals surface area contributed by atoms with Crippen molar-refractivity contribution in [3.05, 3.63) is 59.7 Å². The molecule has 0 aromatic heterocycles. The van der Waals surface area contributed by atoms with Crippen LogP contribution >= 0.6 is 0 Å². The highest BCUT2D eigenvalue weighted by atomic mass is 16.5. The molecule has 4 rings (SSSR count). The predicted octanol–water partition coefficient (Wildman–Crippen LogP) is 3.62. The van der Waals surface area contributed by atoms with Crippen LogP contribution in [0.5, 0.6) is 5.75 Å². The molecule has 2 aliphatic rings. The molecule has 6 heteroatoms. The third kappa shape index (κ3) is 4.79. The van der Waals surface area contributed by atoms with Crippen LogP contribution in [-0.4, -0.2) is 48.7 Å². The number of ether oxygens (including phenoxy) is 1. The van der Waals surface area contributed by atoms with Crippen LogP contribution in [0.3, 0.4) is 0 Å². The van der Waals surface area contributed by atoms with Gasteiger partial charge in [0, 0.05) is 37.4 Å². The molecule has 2 aromatic carbocycles. The van der Waals surface area contributed by atoms with Gasteiger partial charge in [-0.05, 0) is 31.9 Å². The molecule has 1 fully saturated rings. The van der Waals surface area contributed by atoms with Crippen molar-refractivity contribution in [2.45, 2.75) is 32.6 Å². The van der Waals surface area contributed by atoms with Crippen LogP contribution < -0.4 is 9.64 Å². The lowest BCUT2D eigenvalue weighted by atomic mass is 9.88. The van der Waals surface area contributed by atoms with E-state index in [0.29, 0.717) is 44.8 Å². The second-order valence-corrected chi connectivity index (χ2v) is 8.25. The van der Waals surface area contributed by atoms with Crippen LogP contribution in [0.15, 0.2) is 48.5 Å². The Hall–Kier alpha value is -3.15. The lowest BCUT2D eigenvalue weighted by Gasteiger charge is -2.32. The summed E-state index contributed by atoms with van der Waals surface area (Å²) in [5, 5.41) is 0. The molecule has 1 saturated heterocycles. The minimum absolute atomic E-state index is 0.0175. The normalized spacial score (nSPS) is 16.4. The molecule has 0 bridgehead atoms. The Balaban J connectivity index is 1.26. The van der Waals surface area contributed by atoms with Crippen molar-refractivity contribution in [1.29, 1.82) is 0 Å². The molecule has 0 N–H and O–H groups in total. The Morgan fingerprint density at radius 3 is 2.32 bits per heavy atom. The number of piperidine rings is 1. The zero-order valence-corrected chi connectivity index (χ0v) is 17.9. The van der Waals surface area contributed by atoms with Gasteiger partial charge in [0.2, 0.25) is 11.8 Å². The molecule has 162 valence electrons. The van der Waals surface area contributed by atoms with E-state index in [-0.39, 0.29) is 36.4 Å². The highest BCUT2D eigenvalue weighted by Gasteiger charge is 2.29. The van der Waals surface area contributed by atoms with E-state index in [0.717, 1.165) is 16.8 Å². The molecular weight excluding hydrogens is 392 g/mol. The van der Waals surface area contributed by atoms with Crippen molar-refractivity contribution in [1.82, 2.24) is 4.90 Å². The number of Topliss-reactive ketones (excluding diaryl/α,β-unsaturated/α-hetero) is 1. The predicted molar refractivity (Wildman–Crippen MR) is 118 cm³/mol. The summed E-state index contributed by atoms with van der Waals surface area (Å²) < 4.78 is 5.60. The fourth-order valence-electron chi connectivity index (χ4n) is 4.28. The average Bonchev–Trinajstić information content (AvgIpc) is 2.82. The SMILES string of the molecule is Cc1ccc(C(=O)C2CCN(C(=O)CCC(=O)N3CCOc4ccccc43)CC2)cc1. The number of para-hydroxylation sites is 2. The maximum Gasteiger partial charge on any atom is 0.227 e. The van der Waals surface area contributed by atoms with Crippen LogP contribution in [-0.2, 0) is 9.59 Å². The molecule has 2 aromatic rings. The Morgan fingerprint density at radius 2 is 1.58 bits per heavy atom. The standard InChI is InChI=1S/C25H28N2O4/c1-18-6-8-19(9-7-18)25(30)20-12-14-26(15-13-20)23(28)10-11-24(29)27-16-17-31-22-5-3-2-4-21(22)27/h2-9,20H,10-17H2,1H3. The summed E-state index contributed by atoms with van der Waals surface area (Å²) in [4.78, 5) is 41.6. The molecule has 0 saturated carbocycles. The van der Waals surface area contributed by atoms with Gasteiger partial charge in [-0.3, -0.25) is 14.4 Å². The average molecular weight is 421 g/mol. The van der Waals surface area contributed by atoms with Gasteiger partial charge in [0.15, 0.2) is 5.78 Å². The number of nitrogens with zero attached hydrogens (tertiary/aromatic N) is 2. The minimum Gasteiger partial charge on any atom is -0.490 e. The first-order chi connectivity index (χ1) is 15.0. The zero-order valence-electron chi connectivity index (χ0n) is 17.9. The highest BCUT2D eigenvalue weighted by Crippen LogP contribution is 2.31. The number of benzene rings is 2. The quantitative estimate of drug-likeness (QED) is 0.693. The summed E-state index contributed by atoms with van der Waals surface area (Å²) in [6.07, 6.45) is 1.71. The fraction of sp³-hybridized carbons (Fsp3) is 0.400. The number of fused-ring (bicyclic) bond motifs is 1. The van der Waals surface area contributed by atoms with Crippen molar-refractivity contribution >= 4 is 23.3 Å². The van der Waals surface area contributed by atoms with Crippen molar-refractivity contribution < 1.29 is 19.1 Å².